The summed E-state index contributed by atoms with van der Waals surface area (Å²) < 4.78 is 18.8. The van der Waals surface area contributed by atoms with Gasteiger partial charge < -0.3 is 24.5 Å². The molecule has 1 aromatic heterocycles. The summed E-state index contributed by atoms with van der Waals surface area (Å²) in [6.45, 7) is 0.458. The topological polar surface area (TPSA) is 117 Å². The van der Waals surface area contributed by atoms with Crippen LogP contribution in [0.1, 0.15) is 11.5 Å². The number of piperazine rings is 1. The fourth-order valence-corrected chi connectivity index (χ4v) is 4.16. The van der Waals surface area contributed by atoms with Crippen molar-refractivity contribution in [2.24, 2.45) is 0 Å². The van der Waals surface area contributed by atoms with Gasteiger partial charge in [-0.25, -0.2) is 9.18 Å². The van der Waals surface area contributed by atoms with Crippen LogP contribution < -0.4 is 10.9 Å². The maximum atomic E-state index is 13.5. The first-order valence-corrected chi connectivity index (χ1v) is 10.4. The van der Waals surface area contributed by atoms with E-state index in [1.54, 1.807) is 12.1 Å². The van der Waals surface area contributed by atoms with E-state index in [-0.39, 0.29) is 30.2 Å². The van der Waals surface area contributed by atoms with Gasteiger partial charge in [0.1, 0.15) is 29.6 Å². The maximum absolute atomic E-state index is 13.5. The van der Waals surface area contributed by atoms with Crippen LogP contribution >= 0.6 is 11.6 Å². The van der Waals surface area contributed by atoms with Crippen molar-refractivity contribution in [1.82, 2.24) is 10.2 Å². The van der Waals surface area contributed by atoms with Gasteiger partial charge in [-0.2, -0.15) is 0 Å². The Hall–Kier alpha value is -3.56. The number of carbonyl (C=O) groups is 3. The summed E-state index contributed by atoms with van der Waals surface area (Å²) in [7, 11) is 0. The Morgan fingerprint density at radius 3 is 2.70 bits per heavy atom. The second-order valence-corrected chi connectivity index (χ2v) is 8.01. The molecule has 10 heteroatoms. The third-order valence-corrected chi connectivity index (χ3v) is 5.85. The second kappa shape index (κ2) is 9.13. The molecule has 3 aromatic rings. The highest BCUT2D eigenvalue weighted by Crippen LogP contribution is 2.34. The predicted octanol–water partition coefficient (Wildman–Crippen LogP) is 2.42. The first-order valence-electron chi connectivity index (χ1n) is 10.0. The minimum Gasteiger partial charge on any atom is -0.480 e. The zero-order valence-corrected chi connectivity index (χ0v) is 17.8. The van der Waals surface area contributed by atoms with Crippen LogP contribution in [0, 0.1) is 5.82 Å². The highest BCUT2D eigenvalue weighted by atomic mass is 35.5. The Balaban J connectivity index is 1.72. The highest BCUT2D eigenvalue weighted by molar-refractivity contribution is 6.33. The molecule has 1 amide bonds. The molecular weight excluding hydrogens is 455 g/mol. The molecule has 1 saturated heterocycles. The van der Waals surface area contributed by atoms with Crippen molar-refractivity contribution in [2.45, 2.75) is 12.0 Å². The summed E-state index contributed by atoms with van der Waals surface area (Å²) in [4.78, 5) is 49.6. The summed E-state index contributed by atoms with van der Waals surface area (Å²) in [5, 5.41) is 12.6. The number of hydrogen-bond acceptors (Lipinski definition) is 6. The minimum atomic E-state index is -1.20. The van der Waals surface area contributed by atoms with E-state index in [0.29, 0.717) is 28.4 Å². The lowest BCUT2D eigenvalue weighted by Crippen LogP contribution is -2.56. The van der Waals surface area contributed by atoms with Gasteiger partial charge in [-0.1, -0.05) is 23.7 Å². The molecule has 0 bridgehead atoms. The summed E-state index contributed by atoms with van der Waals surface area (Å²) in [6.07, 6.45) is 0.472. The van der Waals surface area contributed by atoms with E-state index in [4.69, 9.17) is 16.0 Å². The van der Waals surface area contributed by atoms with Gasteiger partial charge in [-0.05, 0) is 29.8 Å². The molecular formula is C23H18ClFN2O6. The molecule has 2 heterocycles. The lowest BCUT2D eigenvalue weighted by molar-refractivity contribution is -0.143. The van der Waals surface area contributed by atoms with Crippen LogP contribution in [0.15, 0.2) is 51.7 Å². The Morgan fingerprint density at radius 2 is 2.00 bits per heavy atom. The Bertz CT molecular complexity index is 1320. The van der Waals surface area contributed by atoms with Gasteiger partial charge in [-0.3, -0.25) is 9.59 Å². The smallest absolute Gasteiger partial charge is 0.336 e. The van der Waals surface area contributed by atoms with Crippen LogP contribution in [0.4, 0.5) is 4.39 Å². The molecule has 0 unspecified atom stereocenters. The first-order chi connectivity index (χ1) is 15.8. The number of nitrogens with zero attached hydrogens (tertiary/aromatic N) is 1. The number of halogens is 2. The third-order valence-electron chi connectivity index (χ3n) is 5.54. The van der Waals surface area contributed by atoms with Gasteiger partial charge >= 0.3 is 11.6 Å². The van der Waals surface area contributed by atoms with Gasteiger partial charge in [0.2, 0.25) is 5.91 Å². The molecule has 2 aromatic carbocycles. The number of benzene rings is 2. The van der Waals surface area contributed by atoms with Crippen molar-refractivity contribution in [3.63, 3.8) is 0 Å². The Labute approximate surface area is 191 Å². The van der Waals surface area contributed by atoms with Crippen molar-refractivity contribution in [2.75, 3.05) is 19.6 Å². The Morgan fingerprint density at radius 1 is 1.21 bits per heavy atom. The minimum absolute atomic E-state index is 0.0750. The number of carbonyl (C=O) groups excluding carboxylic acids is 2. The van der Waals surface area contributed by atoms with Crippen molar-refractivity contribution in [1.29, 1.82) is 0 Å². The molecule has 0 aliphatic carbocycles. The molecule has 1 aliphatic rings. The van der Waals surface area contributed by atoms with E-state index in [2.05, 4.69) is 5.32 Å². The highest BCUT2D eigenvalue weighted by Gasteiger charge is 2.32. The number of amides is 1. The van der Waals surface area contributed by atoms with Crippen LogP contribution in [-0.2, 0) is 14.4 Å². The lowest BCUT2D eigenvalue weighted by Gasteiger charge is -2.33. The van der Waals surface area contributed by atoms with Crippen molar-refractivity contribution in [3.05, 3.63) is 69.3 Å². The summed E-state index contributed by atoms with van der Waals surface area (Å²) in [5.74, 6) is -3.36. The summed E-state index contributed by atoms with van der Waals surface area (Å²) in [5.41, 5.74) is 0.568. The van der Waals surface area contributed by atoms with E-state index < -0.39 is 35.3 Å². The molecule has 0 spiro atoms. The second-order valence-electron chi connectivity index (χ2n) is 7.60. The molecule has 33 heavy (non-hydrogen) atoms. The Kier molecular flexibility index (Phi) is 6.26. The molecule has 170 valence electrons. The monoisotopic (exact) mass is 472 g/mol. The molecule has 8 nitrogen and oxygen atoms in total. The first kappa shape index (κ1) is 22.6. The van der Waals surface area contributed by atoms with Gasteiger partial charge in [0, 0.05) is 42.2 Å². The molecule has 0 radical (unpaired) electrons. The van der Waals surface area contributed by atoms with Gasteiger partial charge in [0.25, 0.3) is 0 Å². The molecule has 2 N–H and O–H groups in total. The number of fused-ring (bicyclic) bond motifs is 1. The predicted molar refractivity (Wildman–Crippen MR) is 118 cm³/mol. The fourth-order valence-electron chi connectivity index (χ4n) is 3.90. The van der Waals surface area contributed by atoms with Crippen LogP contribution in [0.2, 0.25) is 5.02 Å². The van der Waals surface area contributed by atoms with Gasteiger partial charge in [0.05, 0.1) is 5.02 Å². The number of carboxylic acids is 1. The summed E-state index contributed by atoms with van der Waals surface area (Å²) >= 11 is 6.17. The van der Waals surface area contributed by atoms with Crippen molar-refractivity contribution in [3.8, 4) is 11.1 Å². The van der Waals surface area contributed by atoms with Gasteiger partial charge in [-0.15, -0.1) is 0 Å². The number of carboxylic acid groups (broad SMARTS) is 1. The molecule has 1 aliphatic heterocycles. The zero-order valence-electron chi connectivity index (χ0n) is 17.1. The average Bonchev–Trinajstić information content (AvgIpc) is 2.79. The lowest BCUT2D eigenvalue weighted by atomic mass is 9.95. The molecule has 1 fully saturated rings. The van der Waals surface area contributed by atoms with E-state index in [1.807, 2.05) is 0 Å². The van der Waals surface area contributed by atoms with Crippen LogP contribution in [0.5, 0.6) is 0 Å². The average molecular weight is 473 g/mol. The maximum Gasteiger partial charge on any atom is 0.336 e. The van der Waals surface area contributed by atoms with Gasteiger partial charge in [0.15, 0.2) is 0 Å². The normalized spacial score (nSPS) is 17.0. The van der Waals surface area contributed by atoms with E-state index in [9.17, 15) is 28.7 Å². The number of nitrogens with one attached hydrogen (secondary N) is 1. The standard InChI is InChI=1S/C23H18ClFN2O6/c24-18-8-13(25)2-4-14(18)16-9-21(29)33-20-7-12(1-3-15(16)20)17(11-28)22(30)27-6-5-26-19(10-27)23(31)32/h1-4,7-9,11,17,19,26H,5-6,10H2,(H,31,32)/t17-,19-/m0/s1. The van der Waals surface area contributed by atoms with Crippen molar-refractivity contribution >= 4 is 40.7 Å². The number of aliphatic carboxylic acids is 1. The number of rotatable bonds is 5. The van der Waals surface area contributed by atoms with E-state index in [0.717, 1.165) is 6.07 Å². The third kappa shape index (κ3) is 4.50. The molecule has 0 saturated carbocycles. The van der Waals surface area contributed by atoms with E-state index >= 15 is 0 Å². The SMILES string of the molecule is O=C[C@H](C(=O)N1CCN[C@H](C(=O)O)C1)c1ccc2c(-c3ccc(F)cc3Cl)cc(=O)oc2c1. The van der Waals surface area contributed by atoms with Crippen LogP contribution in [-0.4, -0.2) is 53.8 Å². The largest absolute Gasteiger partial charge is 0.480 e. The number of aldehydes is 1. The summed E-state index contributed by atoms with van der Waals surface area (Å²) in [6, 6.07) is 8.66. The quantitative estimate of drug-likeness (QED) is 0.332. The molecule has 4 rings (SSSR count). The van der Waals surface area contributed by atoms with Crippen molar-refractivity contribution < 1.29 is 28.3 Å². The fraction of sp³-hybridized carbons (Fsp3) is 0.217. The van der Waals surface area contributed by atoms with Crippen LogP contribution in [0.3, 0.4) is 0 Å². The zero-order chi connectivity index (χ0) is 23.7. The molecule has 2 atom stereocenters. The number of hydrogen-bond donors (Lipinski definition) is 2. The van der Waals surface area contributed by atoms with E-state index in [1.165, 1.54) is 29.2 Å². The van der Waals surface area contributed by atoms with Crippen LogP contribution in [0.25, 0.3) is 22.1 Å².